The van der Waals surface area contributed by atoms with Crippen LogP contribution in [0.15, 0.2) is 65.3 Å². The summed E-state index contributed by atoms with van der Waals surface area (Å²) in [5.74, 6) is 1.03. The number of nitrogens with zero attached hydrogens (tertiary/aromatic N) is 4. The van der Waals surface area contributed by atoms with Gasteiger partial charge in [0.2, 0.25) is 5.91 Å². The molecule has 0 radical (unpaired) electrons. The van der Waals surface area contributed by atoms with E-state index in [0.29, 0.717) is 28.3 Å². The summed E-state index contributed by atoms with van der Waals surface area (Å²) in [6, 6.07) is 15.0. The Hall–Kier alpha value is -3.70. The molecule has 0 saturated heterocycles. The van der Waals surface area contributed by atoms with Gasteiger partial charge in [0.15, 0.2) is 16.1 Å². The van der Waals surface area contributed by atoms with Gasteiger partial charge in [0.25, 0.3) is 5.91 Å². The van der Waals surface area contributed by atoms with Gasteiger partial charge in [-0.2, -0.15) is 0 Å². The summed E-state index contributed by atoms with van der Waals surface area (Å²) in [6.45, 7) is 4.93. The molecule has 0 spiro atoms. The fourth-order valence-electron chi connectivity index (χ4n) is 3.40. The molecule has 4 aromatic rings. The number of aryl methyl sites for hydroxylation is 1. The molecule has 0 aliphatic rings. The largest absolute Gasteiger partial charge is 0.494 e. The summed E-state index contributed by atoms with van der Waals surface area (Å²) in [7, 11) is 0. The van der Waals surface area contributed by atoms with Gasteiger partial charge >= 0.3 is 0 Å². The standard InChI is InChI=1S/C26H28N6O3S2/c1-3-4-13-35-21-10-8-19(9-11-21)24(34)28-16-22-30-31-26(32(22)20-7-5-6-18(2)15-20)37-17-23(33)29-25-27-12-14-36-25/h5-12,14-15H,3-4,13,16-17H2,1-2H3,(H,28,34)(H,27,29,33). The van der Waals surface area contributed by atoms with Crippen LogP contribution in [-0.4, -0.2) is 43.9 Å². The number of rotatable bonds is 12. The first-order valence-corrected chi connectivity index (χ1v) is 13.7. The molecule has 2 amide bonds. The van der Waals surface area contributed by atoms with Gasteiger partial charge in [-0.15, -0.1) is 21.5 Å². The first-order chi connectivity index (χ1) is 18.0. The highest BCUT2D eigenvalue weighted by molar-refractivity contribution is 7.99. The number of carbonyl (C=O) groups excluding carboxylic acids is 2. The molecule has 192 valence electrons. The summed E-state index contributed by atoms with van der Waals surface area (Å²) in [5.41, 5.74) is 2.45. The Morgan fingerprint density at radius 3 is 2.70 bits per heavy atom. The third-order valence-electron chi connectivity index (χ3n) is 5.26. The Morgan fingerprint density at radius 1 is 1.14 bits per heavy atom. The second kappa shape index (κ2) is 13.0. The van der Waals surface area contributed by atoms with Crippen LogP contribution in [0.2, 0.25) is 0 Å². The molecule has 0 saturated carbocycles. The highest BCUT2D eigenvalue weighted by Crippen LogP contribution is 2.23. The first-order valence-electron chi connectivity index (χ1n) is 11.9. The molecule has 0 fully saturated rings. The summed E-state index contributed by atoms with van der Waals surface area (Å²) in [4.78, 5) is 29.2. The van der Waals surface area contributed by atoms with Crippen LogP contribution in [-0.2, 0) is 11.3 Å². The molecular weight excluding hydrogens is 508 g/mol. The zero-order chi connectivity index (χ0) is 26.0. The smallest absolute Gasteiger partial charge is 0.251 e. The first kappa shape index (κ1) is 26.4. The quantitative estimate of drug-likeness (QED) is 0.196. The minimum Gasteiger partial charge on any atom is -0.494 e. The van der Waals surface area contributed by atoms with E-state index >= 15 is 0 Å². The van der Waals surface area contributed by atoms with E-state index in [1.165, 1.54) is 23.1 Å². The van der Waals surface area contributed by atoms with E-state index in [4.69, 9.17) is 4.74 Å². The van der Waals surface area contributed by atoms with E-state index in [2.05, 4.69) is 32.7 Å². The fraction of sp³-hybridized carbons (Fsp3) is 0.269. The Morgan fingerprint density at radius 2 is 1.97 bits per heavy atom. The average molecular weight is 537 g/mol. The van der Waals surface area contributed by atoms with Crippen molar-refractivity contribution in [1.82, 2.24) is 25.1 Å². The maximum atomic E-state index is 12.8. The molecule has 0 aliphatic heterocycles. The molecule has 0 unspecified atom stereocenters. The van der Waals surface area contributed by atoms with E-state index < -0.39 is 0 Å². The number of nitrogens with one attached hydrogen (secondary N) is 2. The van der Waals surface area contributed by atoms with Crippen LogP contribution in [0.5, 0.6) is 5.75 Å². The van der Waals surface area contributed by atoms with Gasteiger partial charge in [-0.05, 0) is 55.3 Å². The highest BCUT2D eigenvalue weighted by atomic mass is 32.2. The SMILES string of the molecule is CCCCOc1ccc(C(=O)NCc2nnc(SCC(=O)Nc3nccs3)n2-c2cccc(C)c2)cc1. The number of unbranched alkanes of at least 4 members (excludes halogenated alkanes) is 1. The number of ether oxygens (including phenoxy) is 1. The van der Waals surface area contributed by atoms with Crippen molar-refractivity contribution < 1.29 is 14.3 Å². The summed E-state index contributed by atoms with van der Waals surface area (Å²) < 4.78 is 7.53. The van der Waals surface area contributed by atoms with Crippen molar-refractivity contribution in [2.75, 3.05) is 17.7 Å². The molecule has 2 heterocycles. The molecule has 2 aromatic heterocycles. The average Bonchev–Trinajstić information content (AvgIpc) is 3.56. The zero-order valence-electron chi connectivity index (χ0n) is 20.6. The second-order valence-corrected chi connectivity index (χ2v) is 9.99. The summed E-state index contributed by atoms with van der Waals surface area (Å²) in [5, 5.41) is 17.2. The molecular formula is C26H28N6O3S2. The normalized spacial score (nSPS) is 10.8. The zero-order valence-corrected chi connectivity index (χ0v) is 22.3. The molecule has 9 nitrogen and oxygen atoms in total. The lowest BCUT2D eigenvalue weighted by Gasteiger charge is -2.12. The molecule has 0 atom stereocenters. The predicted molar refractivity (Wildman–Crippen MR) is 146 cm³/mol. The van der Waals surface area contributed by atoms with E-state index in [-0.39, 0.29) is 24.1 Å². The van der Waals surface area contributed by atoms with Crippen LogP contribution >= 0.6 is 23.1 Å². The summed E-state index contributed by atoms with van der Waals surface area (Å²) >= 11 is 2.62. The Kier molecular flexibility index (Phi) is 9.28. The maximum Gasteiger partial charge on any atom is 0.251 e. The van der Waals surface area contributed by atoms with Crippen molar-refractivity contribution in [2.24, 2.45) is 0 Å². The van der Waals surface area contributed by atoms with Gasteiger partial charge in [-0.25, -0.2) is 4.98 Å². The van der Waals surface area contributed by atoms with Crippen molar-refractivity contribution in [3.05, 3.63) is 77.1 Å². The third-order valence-corrected chi connectivity index (χ3v) is 6.88. The van der Waals surface area contributed by atoms with E-state index in [0.717, 1.165) is 29.8 Å². The van der Waals surface area contributed by atoms with Crippen LogP contribution < -0.4 is 15.4 Å². The molecule has 0 aliphatic carbocycles. The topological polar surface area (TPSA) is 111 Å². The Bertz CT molecular complexity index is 1320. The van der Waals surface area contributed by atoms with E-state index in [9.17, 15) is 9.59 Å². The number of hydrogen-bond donors (Lipinski definition) is 2. The van der Waals surface area contributed by atoms with Crippen molar-refractivity contribution >= 4 is 40.0 Å². The van der Waals surface area contributed by atoms with Gasteiger partial charge < -0.3 is 15.4 Å². The molecule has 2 aromatic carbocycles. The maximum absolute atomic E-state index is 12.8. The second-order valence-electron chi connectivity index (χ2n) is 8.16. The number of thioether (sulfide) groups is 1. The number of benzene rings is 2. The number of aromatic nitrogens is 4. The number of thiazole rings is 1. The molecule has 4 rings (SSSR count). The van der Waals surface area contributed by atoms with Crippen molar-refractivity contribution in [3.63, 3.8) is 0 Å². The minimum atomic E-state index is -0.226. The van der Waals surface area contributed by atoms with E-state index in [1.54, 1.807) is 35.8 Å². The predicted octanol–water partition coefficient (Wildman–Crippen LogP) is 4.87. The highest BCUT2D eigenvalue weighted by Gasteiger charge is 2.17. The lowest BCUT2D eigenvalue weighted by atomic mass is 10.2. The van der Waals surface area contributed by atoms with Crippen LogP contribution in [0.3, 0.4) is 0 Å². The number of carbonyl (C=O) groups is 2. The van der Waals surface area contributed by atoms with Crippen LogP contribution in [0, 0.1) is 6.92 Å². The van der Waals surface area contributed by atoms with Gasteiger partial charge in [0.05, 0.1) is 18.9 Å². The Labute approximate surface area is 223 Å². The number of amides is 2. The number of hydrogen-bond acceptors (Lipinski definition) is 8. The number of anilines is 1. The van der Waals surface area contributed by atoms with Crippen molar-refractivity contribution in [2.45, 2.75) is 38.4 Å². The molecule has 37 heavy (non-hydrogen) atoms. The van der Waals surface area contributed by atoms with Crippen LogP contribution in [0.1, 0.15) is 41.5 Å². The lowest BCUT2D eigenvalue weighted by Crippen LogP contribution is -2.24. The van der Waals surface area contributed by atoms with Gasteiger partial charge in [-0.3, -0.25) is 14.2 Å². The fourth-order valence-corrected chi connectivity index (χ4v) is 4.72. The summed E-state index contributed by atoms with van der Waals surface area (Å²) in [6.07, 6.45) is 3.69. The third kappa shape index (κ3) is 7.40. The molecule has 11 heteroatoms. The Balaban J connectivity index is 1.44. The minimum absolute atomic E-state index is 0.141. The van der Waals surface area contributed by atoms with Crippen LogP contribution in [0.4, 0.5) is 5.13 Å². The van der Waals surface area contributed by atoms with Gasteiger partial charge in [0, 0.05) is 22.8 Å². The monoisotopic (exact) mass is 536 g/mol. The molecule has 0 bridgehead atoms. The van der Waals surface area contributed by atoms with Gasteiger partial charge in [-0.1, -0.05) is 37.2 Å². The lowest BCUT2D eigenvalue weighted by molar-refractivity contribution is -0.113. The van der Waals surface area contributed by atoms with Crippen LogP contribution in [0.25, 0.3) is 5.69 Å². The molecule has 2 N–H and O–H groups in total. The van der Waals surface area contributed by atoms with Crippen molar-refractivity contribution in [3.8, 4) is 11.4 Å². The van der Waals surface area contributed by atoms with E-state index in [1.807, 2.05) is 35.8 Å². The van der Waals surface area contributed by atoms with Gasteiger partial charge in [0.1, 0.15) is 5.75 Å². The van der Waals surface area contributed by atoms with Crippen molar-refractivity contribution in [1.29, 1.82) is 0 Å².